The van der Waals surface area contributed by atoms with E-state index >= 15 is 0 Å². The summed E-state index contributed by atoms with van der Waals surface area (Å²) in [7, 11) is 0. The second-order valence-corrected chi connectivity index (χ2v) is 7.14. The minimum atomic E-state index is 0.974. The number of nitrogens with zero attached hydrogens (tertiary/aromatic N) is 3. The molecule has 0 amide bonds. The van der Waals surface area contributed by atoms with E-state index in [-0.39, 0.29) is 0 Å². The average Bonchev–Trinajstić information content (AvgIpc) is 3.13. The molecule has 0 atom stereocenters. The van der Waals surface area contributed by atoms with Crippen molar-refractivity contribution in [3.8, 4) is 16.9 Å². The lowest BCUT2D eigenvalue weighted by Crippen LogP contribution is -2.01. The molecule has 124 valence electrons. The summed E-state index contributed by atoms with van der Waals surface area (Å²) in [6, 6.07) is 18.9. The molecule has 0 spiro atoms. The van der Waals surface area contributed by atoms with Gasteiger partial charge in [-0.25, -0.2) is 9.67 Å². The third-order valence-corrected chi connectivity index (χ3v) is 5.13. The van der Waals surface area contributed by atoms with Crippen LogP contribution >= 0.6 is 11.8 Å². The molecule has 4 rings (SSSR count). The van der Waals surface area contributed by atoms with Crippen molar-refractivity contribution in [3.05, 3.63) is 83.7 Å². The Kier molecular flexibility index (Phi) is 4.28. The average molecular weight is 345 g/mol. The summed E-state index contributed by atoms with van der Waals surface area (Å²) in [5, 5.41) is 5.80. The van der Waals surface area contributed by atoms with Crippen LogP contribution in [-0.2, 0) is 0 Å². The van der Waals surface area contributed by atoms with Gasteiger partial charge in [0.05, 0.1) is 11.4 Å². The predicted octanol–water partition coefficient (Wildman–Crippen LogP) is 5.24. The number of benzene rings is 2. The largest absolute Gasteiger partial charge is 0.246 e. The van der Waals surface area contributed by atoms with Gasteiger partial charge < -0.3 is 0 Å². The van der Waals surface area contributed by atoms with E-state index in [1.807, 2.05) is 17.8 Å². The molecule has 0 bridgehead atoms. The van der Waals surface area contributed by atoms with Crippen molar-refractivity contribution in [2.24, 2.45) is 4.99 Å². The van der Waals surface area contributed by atoms with Crippen LogP contribution in [-0.4, -0.2) is 20.6 Å². The molecule has 0 fully saturated rings. The molecule has 2 aromatic carbocycles. The summed E-state index contributed by atoms with van der Waals surface area (Å²) in [4.78, 5) is 4.63. The minimum Gasteiger partial charge on any atom is -0.246 e. The van der Waals surface area contributed by atoms with E-state index in [1.165, 1.54) is 11.1 Å². The monoisotopic (exact) mass is 345 g/mol. The second kappa shape index (κ2) is 6.73. The van der Waals surface area contributed by atoms with E-state index in [0.29, 0.717) is 0 Å². The highest BCUT2D eigenvalue weighted by Crippen LogP contribution is 2.24. The maximum absolute atomic E-state index is 4.71. The highest BCUT2D eigenvalue weighted by Gasteiger charge is 2.09. The van der Waals surface area contributed by atoms with E-state index < -0.39 is 0 Å². The Hall–Kier alpha value is -2.59. The Balaban J connectivity index is 1.59. The van der Waals surface area contributed by atoms with Gasteiger partial charge in [0.2, 0.25) is 0 Å². The topological polar surface area (TPSA) is 30.2 Å². The molecule has 0 saturated carbocycles. The zero-order valence-corrected chi connectivity index (χ0v) is 15.1. The van der Waals surface area contributed by atoms with Gasteiger partial charge in [0.15, 0.2) is 0 Å². The van der Waals surface area contributed by atoms with Gasteiger partial charge >= 0.3 is 0 Å². The van der Waals surface area contributed by atoms with Crippen LogP contribution in [0.3, 0.4) is 0 Å². The number of aromatic nitrogens is 2. The summed E-state index contributed by atoms with van der Waals surface area (Å²) in [5.41, 5.74) is 6.67. The fourth-order valence-electron chi connectivity index (χ4n) is 2.73. The highest BCUT2D eigenvalue weighted by molar-refractivity contribution is 8.14. The van der Waals surface area contributed by atoms with Gasteiger partial charge in [-0.05, 0) is 32.0 Å². The Morgan fingerprint density at radius 1 is 0.880 bits per heavy atom. The van der Waals surface area contributed by atoms with Gasteiger partial charge in [-0.15, -0.1) is 11.8 Å². The van der Waals surface area contributed by atoms with Gasteiger partial charge in [-0.3, -0.25) is 0 Å². The minimum absolute atomic E-state index is 0.974. The molecule has 3 aromatic rings. The molecule has 1 aromatic heterocycles. The third-order valence-electron chi connectivity index (χ3n) is 4.19. The summed E-state index contributed by atoms with van der Waals surface area (Å²) in [5.74, 6) is 0.993. The zero-order chi connectivity index (χ0) is 17.2. The van der Waals surface area contributed by atoms with Crippen molar-refractivity contribution in [1.29, 1.82) is 0 Å². The standard InChI is InChI=1S/C21H19N3S/c1-15-3-9-19(10-4-15)24-13-11-20(23-24)17-5-7-18(8-6-17)21-22-16(2)12-14-25-21/h3-13H,14H2,1-2H3. The van der Waals surface area contributed by atoms with Crippen molar-refractivity contribution in [2.45, 2.75) is 13.8 Å². The lowest BCUT2D eigenvalue weighted by molar-refractivity contribution is 0.884. The molecular weight excluding hydrogens is 326 g/mol. The van der Waals surface area contributed by atoms with Crippen molar-refractivity contribution in [3.63, 3.8) is 0 Å². The number of hydrogen-bond donors (Lipinski definition) is 0. The van der Waals surface area contributed by atoms with E-state index in [1.54, 1.807) is 11.8 Å². The summed E-state index contributed by atoms with van der Waals surface area (Å²) < 4.78 is 1.91. The molecule has 0 N–H and O–H groups in total. The zero-order valence-electron chi connectivity index (χ0n) is 14.3. The Labute approximate surface area is 152 Å². The Bertz CT molecular complexity index is 948. The molecule has 25 heavy (non-hydrogen) atoms. The lowest BCUT2D eigenvalue weighted by atomic mass is 10.1. The number of aliphatic imine (C=N–C) groups is 1. The summed E-state index contributed by atoms with van der Waals surface area (Å²) in [6.07, 6.45) is 4.16. The van der Waals surface area contributed by atoms with Gasteiger partial charge in [0.25, 0.3) is 0 Å². The van der Waals surface area contributed by atoms with Crippen LogP contribution in [0.4, 0.5) is 0 Å². The molecule has 1 aliphatic heterocycles. The molecule has 1 aliphatic rings. The third kappa shape index (κ3) is 3.44. The number of aryl methyl sites for hydroxylation is 1. The molecule has 3 nitrogen and oxygen atoms in total. The molecule has 0 saturated heterocycles. The van der Waals surface area contributed by atoms with Gasteiger partial charge in [0.1, 0.15) is 5.04 Å². The summed E-state index contributed by atoms with van der Waals surface area (Å²) in [6.45, 7) is 4.14. The lowest BCUT2D eigenvalue weighted by Gasteiger charge is -2.10. The van der Waals surface area contributed by atoms with Crippen LogP contribution in [0.15, 0.2) is 77.6 Å². The quantitative estimate of drug-likeness (QED) is 0.649. The van der Waals surface area contributed by atoms with Crippen LogP contribution < -0.4 is 0 Å². The van der Waals surface area contributed by atoms with Crippen LogP contribution in [0.2, 0.25) is 0 Å². The number of rotatable bonds is 3. The summed E-state index contributed by atoms with van der Waals surface area (Å²) >= 11 is 1.78. The van der Waals surface area contributed by atoms with Gasteiger partial charge in [-0.1, -0.05) is 48.0 Å². The Morgan fingerprint density at radius 2 is 1.60 bits per heavy atom. The van der Waals surface area contributed by atoms with Gasteiger partial charge in [0, 0.05) is 28.8 Å². The normalized spacial score (nSPS) is 14.2. The van der Waals surface area contributed by atoms with Crippen molar-refractivity contribution in [1.82, 2.24) is 9.78 Å². The maximum atomic E-state index is 4.71. The van der Waals surface area contributed by atoms with Crippen LogP contribution in [0, 0.1) is 6.92 Å². The SMILES string of the molecule is CC1=CCSC(c2ccc(-c3ccn(-c4ccc(C)cc4)n3)cc2)=N1. The molecular formula is C21H19N3S. The van der Waals surface area contributed by atoms with Crippen molar-refractivity contribution in [2.75, 3.05) is 5.75 Å². The molecule has 4 heteroatoms. The molecule has 0 unspecified atom stereocenters. The van der Waals surface area contributed by atoms with E-state index in [0.717, 1.165) is 33.4 Å². The molecule has 2 heterocycles. The molecule has 0 radical (unpaired) electrons. The number of allylic oxidation sites excluding steroid dienone is 1. The van der Waals surface area contributed by atoms with E-state index in [4.69, 9.17) is 5.10 Å². The fourth-order valence-corrected chi connectivity index (χ4v) is 3.72. The van der Waals surface area contributed by atoms with Crippen LogP contribution in [0.25, 0.3) is 16.9 Å². The first-order valence-electron chi connectivity index (χ1n) is 8.31. The van der Waals surface area contributed by atoms with Crippen LogP contribution in [0.5, 0.6) is 0 Å². The van der Waals surface area contributed by atoms with Crippen molar-refractivity contribution >= 4 is 16.8 Å². The van der Waals surface area contributed by atoms with Crippen molar-refractivity contribution < 1.29 is 0 Å². The maximum Gasteiger partial charge on any atom is 0.104 e. The van der Waals surface area contributed by atoms with E-state index in [2.05, 4.69) is 72.6 Å². The van der Waals surface area contributed by atoms with Crippen LogP contribution in [0.1, 0.15) is 18.1 Å². The predicted molar refractivity (Wildman–Crippen MR) is 106 cm³/mol. The first-order valence-corrected chi connectivity index (χ1v) is 9.29. The first-order chi connectivity index (χ1) is 12.2. The van der Waals surface area contributed by atoms with Gasteiger partial charge in [-0.2, -0.15) is 5.10 Å². The first kappa shape index (κ1) is 15.9. The fraction of sp³-hybridized carbons (Fsp3) is 0.143. The molecule has 0 aliphatic carbocycles. The Morgan fingerprint density at radius 3 is 2.32 bits per heavy atom. The number of thioether (sulfide) groups is 1. The second-order valence-electron chi connectivity index (χ2n) is 6.13. The number of hydrogen-bond acceptors (Lipinski definition) is 3. The van der Waals surface area contributed by atoms with E-state index in [9.17, 15) is 0 Å². The smallest absolute Gasteiger partial charge is 0.104 e. The highest BCUT2D eigenvalue weighted by atomic mass is 32.2.